The van der Waals surface area contributed by atoms with Crippen LogP contribution in [0.4, 0.5) is 0 Å². The van der Waals surface area contributed by atoms with Crippen LogP contribution in [0.5, 0.6) is 0 Å². The predicted octanol–water partition coefficient (Wildman–Crippen LogP) is 3.82. The molecule has 0 saturated heterocycles. The molecular weight excluding hydrogens is 302 g/mol. The van der Waals surface area contributed by atoms with Gasteiger partial charge in [0.2, 0.25) is 0 Å². The molecular formula is C20H39NO3. The number of unbranched alkanes of at least 4 members (excludes halogenated alkanes) is 12. The number of carbonyl (C=O) groups excluding carboxylic acids is 2. The van der Waals surface area contributed by atoms with Crippen LogP contribution in [0.3, 0.4) is 0 Å². The number of hydrogen-bond donors (Lipinski definition) is 0. The minimum Gasteiger partial charge on any atom is -0.544 e. The summed E-state index contributed by atoms with van der Waals surface area (Å²) >= 11 is 0. The van der Waals surface area contributed by atoms with Crippen molar-refractivity contribution in [2.24, 2.45) is 0 Å². The fraction of sp³-hybridized carbons (Fsp3) is 0.900. The predicted molar refractivity (Wildman–Crippen MR) is 97.3 cm³/mol. The molecule has 0 atom stereocenters. The number of hydrogen-bond acceptors (Lipinski definition) is 3. The van der Waals surface area contributed by atoms with E-state index in [1.54, 1.807) is 14.1 Å². The topological polar surface area (TPSA) is 57.2 Å². The van der Waals surface area contributed by atoms with Crippen LogP contribution < -0.4 is 5.11 Å². The first-order valence-corrected chi connectivity index (χ1v) is 9.96. The molecule has 0 aromatic rings. The molecule has 0 spiro atoms. The lowest BCUT2D eigenvalue weighted by atomic mass is 10.0. The number of likely N-dealkylation sites (N-methyl/N-ethyl adjacent to an activating group) is 1. The highest BCUT2D eigenvalue weighted by Gasteiger charge is 2.25. The molecule has 0 aliphatic carbocycles. The van der Waals surface area contributed by atoms with Gasteiger partial charge in [0.1, 0.15) is 6.54 Å². The van der Waals surface area contributed by atoms with Gasteiger partial charge in [-0.1, -0.05) is 84.0 Å². The first-order valence-electron chi connectivity index (χ1n) is 9.96. The zero-order chi connectivity index (χ0) is 18.3. The lowest BCUT2D eigenvalue weighted by molar-refractivity contribution is -0.808. The summed E-state index contributed by atoms with van der Waals surface area (Å²) in [6.45, 7) is 2.01. The third-order valence-corrected chi connectivity index (χ3v) is 4.69. The fourth-order valence-corrected chi connectivity index (χ4v) is 3.01. The molecule has 0 aliphatic heterocycles. The number of nitrogens with zero attached hydrogens (tertiary/aromatic N) is 1. The zero-order valence-electron chi connectivity index (χ0n) is 16.3. The van der Waals surface area contributed by atoms with Gasteiger partial charge >= 0.3 is 5.91 Å². The molecule has 0 bridgehead atoms. The van der Waals surface area contributed by atoms with E-state index in [1.165, 1.54) is 70.6 Å². The molecule has 0 aromatic carbocycles. The second-order valence-electron chi connectivity index (χ2n) is 7.60. The summed E-state index contributed by atoms with van der Waals surface area (Å²) in [5.41, 5.74) is 0. The first kappa shape index (κ1) is 23.1. The number of carbonyl (C=O) groups is 2. The molecule has 0 fully saturated rings. The summed E-state index contributed by atoms with van der Waals surface area (Å²) in [4.78, 5) is 22.6. The van der Waals surface area contributed by atoms with Crippen molar-refractivity contribution in [1.82, 2.24) is 0 Å². The number of carboxylic acid groups (broad SMARTS) is 1. The summed E-state index contributed by atoms with van der Waals surface area (Å²) in [5.74, 6) is -1.18. The van der Waals surface area contributed by atoms with Crippen molar-refractivity contribution in [2.45, 2.75) is 96.8 Å². The monoisotopic (exact) mass is 341 g/mol. The van der Waals surface area contributed by atoms with Gasteiger partial charge in [-0.25, -0.2) is 4.79 Å². The van der Waals surface area contributed by atoms with Gasteiger partial charge in [-0.3, -0.25) is 4.48 Å². The molecule has 1 amide bonds. The Morgan fingerprint density at radius 2 is 1.08 bits per heavy atom. The maximum absolute atomic E-state index is 12.0. The number of carboxylic acids is 1. The Morgan fingerprint density at radius 1 is 0.708 bits per heavy atom. The van der Waals surface area contributed by atoms with Crippen molar-refractivity contribution in [3.63, 3.8) is 0 Å². The van der Waals surface area contributed by atoms with E-state index < -0.39 is 5.97 Å². The number of quaternary nitrogens is 1. The second kappa shape index (κ2) is 14.4. The van der Waals surface area contributed by atoms with Gasteiger partial charge in [-0.15, -0.1) is 0 Å². The Bertz CT molecular complexity index is 340. The Kier molecular flexibility index (Phi) is 13.9. The van der Waals surface area contributed by atoms with E-state index in [2.05, 4.69) is 6.92 Å². The third kappa shape index (κ3) is 13.5. The molecule has 0 heterocycles. The van der Waals surface area contributed by atoms with Crippen LogP contribution in [-0.2, 0) is 9.59 Å². The van der Waals surface area contributed by atoms with E-state index in [0.29, 0.717) is 6.42 Å². The van der Waals surface area contributed by atoms with Crippen LogP contribution in [0.25, 0.3) is 0 Å². The van der Waals surface area contributed by atoms with Crippen LogP contribution >= 0.6 is 0 Å². The van der Waals surface area contributed by atoms with Gasteiger partial charge in [-0.2, -0.15) is 0 Å². The second-order valence-corrected chi connectivity index (χ2v) is 7.60. The Balaban J connectivity index is 3.39. The van der Waals surface area contributed by atoms with Crippen LogP contribution in [0.1, 0.15) is 96.8 Å². The van der Waals surface area contributed by atoms with Crippen molar-refractivity contribution in [3.05, 3.63) is 0 Å². The summed E-state index contributed by atoms with van der Waals surface area (Å²) in [6, 6.07) is 0. The van der Waals surface area contributed by atoms with E-state index in [0.717, 1.165) is 12.8 Å². The number of rotatable bonds is 16. The molecule has 0 N–H and O–H groups in total. The molecule has 4 nitrogen and oxygen atoms in total. The van der Waals surface area contributed by atoms with Crippen molar-refractivity contribution < 1.29 is 19.2 Å². The standard InChI is InChI=1S/C20H39NO3/c1-4-5-6-7-8-9-10-11-12-13-14-15-16-17-19(22)21(2,3)18-20(23)24/h4-18H2,1-3H3. The van der Waals surface area contributed by atoms with Crippen molar-refractivity contribution >= 4 is 11.9 Å². The van der Waals surface area contributed by atoms with Crippen molar-refractivity contribution in [2.75, 3.05) is 20.6 Å². The zero-order valence-corrected chi connectivity index (χ0v) is 16.3. The highest BCUT2D eigenvalue weighted by Crippen LogP contribution is 2.13. The van der Waals surface area contributed by atoms with Gasteiger partial charge in [0.25, 0.3) is 0 Å². The number of aliphatic carboxylic acids is 1. The Labute approximate surface area is 149 Å². The smallest absolute Gasteiger partial charge is 0.313 e. The largest absolute Gasteiger partial charge is 0.544 e. The summed E-state index contributed by atoms with van der Waals surface area (Å²) in [7, 11) is 3.28. The normalized spacial score (nSPS) is 11.6. The third-order valence-electron chi connectivity index (χ3n) is 4.69. The van der Waals surface area contributed by atoms with Gasteiger partial charge < -0.3 is 9.90 Å². The van der Waals surface area contributed by atoms with E-state index in [4.69, 9.17) is 0 Å². The van der Waals surface area contributed by atoms with Gasteiger partial charge in [0, 0.05) is 0 Å². The van der Waals surface area contributed by atoms with Gasteiger partial charge in [0.15, 0.2) is 0 Å². The molecule has 4 heteroatoms. The van der Waals surface area contributed by atoms with Crippen LogP contribution in [0.2, 0.25) is 0 Å². The molecule has 0 unspecified atom stereocenters. The fourth-order valence-electron chi connectivity index (χ4n) is 3.01. The molecule has 0 aromatic heterocycles. The summed E-state index contributed by atoms with van der Waals surface area (Å²) < 4.78 is -0.111. The molecule has 24 heavy (non-hydrogen) atoms. The molecule has 0 saturated carbocycles. The molecule has 0 radical (unpaired) electrons. The minimum absolute atomic E-state index is 0.0118. The SMILES string of the molecule is CCCCCCCCCCCCCCCC(=O)[N+](C)(C)CC(=O)[O-]. The quantitative estimate of drug-likeness (QED) is 0.317. The highest BCUT2D eigenvalue weighted by molar-refractivity contribution is 5.73. The average Bonchev–Trinajstić information content (AvgIpc) is 2.50. The summed E-state index contributed by atoms with van der Waals surface area (Å²) in [6.07, 6.45) is 17.1. The molecule has 0 rings (SSSR count). The maximum Gasteiger partial charge on any atom is 0.313 e. The number of amides is 1. The van der Waals surface area contributed by atoms with Crippen molar-refractivity contribution in [1.29, 1.82) is 0 Å². The van der Waals surface area contributed by atoms with E-state index >= 15 is 0 Å². The Morgan fingerprint density at radius 3 is 1.46 bits per heavy atom. The maximum atomic E-state index is 12.0. The van der Waals surface area contributed by atoms with E-state index in [1.807, 2.05) is 0 Å². The van der Waals surface area contributed by atoms with E-state index in [-0.39, 0.29) is 16.9 Å². The van der Waals surface area contributed by atoms with Gasteiger partial charge in [-0.05, 0) is 6.42 Å². The van der Waals surface area contributed by atoms with Gasteiger partial charge in [0.05, 0.1) is 26.5 Å². The summed E-state index contributed by atoms with van der Waals surface area (Å²) in [5, 5.41) is 10.6. The first-order chi connectivity index (χ1) is 11.4. The van der Waals surface area contributed by atoms with Crippen molar-refractivity contribution in [3.8, 4) is 0 Å². The van der Waals surface area contributed by atoms with Crippen LogP contribution in [0.15, 0.2) is 0 Å². The van der Waals surface area contributed by atoms with Crippen LogP contribution in [-0.4, -0.2) is 37.0 Å². The van der Waals surface area contributed by atoms with Crippen LogP contribution in [0, 0.1) is 0 Å². The highest BCUT2D eigenvalue weighted by atomic mass is 16.4. The lowest BCUT2D eigenvalue weighted by Gasteiger charge is -2.27. The molecule has 0 aliphatic rings. The lowest BCUT2D eigenvalue weighted by Crippen LogP contribution is -2.52. The molecule has 142 valence electrons. The Hall–Kier alpha value is -0.900. The minimum atomic E-state index is -1.17. The van der Waals surface area contributed by atoms with E-state index in [9.17, 15) is 14.7 Å². The average molecular weight is 342 g/mol.